The van der Waals surface area contributed by atoms with E-state index in [0.29, 0.717) is 7.39 Å². The molecule has 0 aliphatic heterocycles. The highest BCUT2D eigenvalue weighted by Gasteiger charge is 2.05. The van der Waals surface area contributed by atoms with Crippen LogP contribution in [-0.2, 0) is 0 Å². The van der Waals surface area contributed by atoms with Gasteiger partial charge in [0.1, 0.15) is 0 Å². The van der Waals surface area contributed by atoms with Crippen molar-refractivity contribution < 1.29 is 5.91 Å². The molecule has 0 amide bonds. The van der Waals surface area contributed by atoms with Gasteiger partial charge in [-0.25, -0.2) is 0 Å². The quantitative estimate of drug-likeness (QED) is 0.675. The molecule has 1 aromatic carbocycles. The first-order valence-electron chi connectivity index (χ1n) is 3.16. The summed E-state index contributed by atoms with van der Waals surface area (Å²) in [7, 11) is 0. The van der Waals surface area contributed by atoms with E-state index in [2.05, 4.69) is 15.9 Å². The van der Waals surface area contributed by atoms with Gasteiger partial charge in [-0.2, -0.15) is 0 Å². The topological polar surface area (TPSA) is 0 Å². The van der Waals surface area contributed by atoms with Gasteiger partial charge in [0.25, 0.3) is 0 Å². The van der Waals surface area contributed by atoms with Crippen molar-refractivity contribution >= 4 is 65.2 Å². The summed E-state index contributed by atoms with van der Waals surface area (Å²) in [5.41, 5.74) is 0. The zero-order valence-corrected chi connectivity index (χ0v) is 10.2. The van der Waals surface area contributed by atoms with Crippen molar-refractivity contribution in [3.63, 3.8) is 0 Å². The number of hydrogen-bond donors (Lipinski definition) is 0. The summed E-state index contributed by atoms with van der Waals surface area (Å²) in [6, 6.07) is 5.09. The second-order valence-electron chi connectivity index (χ2n) is 2.23. The lowest BCUT2D eigenvalue weighted by molar-refractivity contribution is 0.883. The Kier molecular flexibility index (Phi) is 4.59. The molecule has 0 heterocycles. The van der Waals surface area contributed by atoms with Gasteiger partial charge in [0.05, 0.1) is 0 Å². The van der Waals surface area contributed by atoms with Gasteiger partial charge in [0, 0.05) is 4.47 Å². The van der Waals surface area contributed by atoms with Crippen molar-refractivity contribution in [1.29, 1.82) is 0 Å². The van der Waals surface area contributed by atoms with Gasteiger partial charge in [-0.1, -0.05) is 28.1 Å². The van der Waals surface area contributed by atoms with Crippen LogP contribution in [0, 0.1) is 0 Å². The molecule has 11 heavy (non-hydrogen) atoms. The second kappa shape index (κ2) is 4.96. The first-order valence-corrected chi connectivity index (χ1v) is 6.44. The Labute approximate surface area is 92.8 Å². The second-order valence-corrected chi connectivity index (χ2v) is 5.32. The first kappa shape index (κ1) is 10.2. The Balaban J connectivity index is 3.02. The average molecular weight is 242 g/mol. The molecular weight excluding hydrogens is 239 g/mol. The molecule has 0 atom stereocenters. The zero-order chi connectivity index (χ0) is 8.27. The third-order valence-corrected chi connectivity index (χ3v) is 3.22. The Bertz CT molecular complexity index is 232. The molecule has 0 spiro atoms. The number of hydrogen-bond acceptors (Lipinski definition) is 0. The predicted molar refractivity (Wildman–Crippen MR) is 47.1 cm³/mol. The third kappa shape index (κ3) is 3.14. The van der Waals surface area contributed by atoms with Crippen molar-refractivity contribution in [3.8, 4) is 0 Å². The summed E-state index contributed by atoms with van der Waals surface area (Å²) in [6.45, 7) is 0. The molecule has 0 aliphatic carbocycles. The molecule has 0 fully saturated rings. The summed E-state index contributed by atoms with van der Waals surface area (Å²) in [5, 5.41) is 0. The largest absolute Gasteiger partial charge is 0.652 e. The highest BCUT2D eigenvalue weighted by Crippen LogP contribution is 2.03. The van der Waals surface area contributed by atoms with E-state index in [1.165, 1.54) is 0 Å². The van der Waals surface area contributed by atoms with E-state index >= 15 is 0 Å². The van der Waals surface area contributed by atoms with Gasteiger partial charge in [0.15, 0.2) is 0 Å². The van der Waals surface area contributed by atoms with E-state index in [1.807, 2.05) is 0 Å². The van der Waals surface area contributed by atoms with E-state index in [1.54, 1.807) is 18.2 Å². The van der Waals surface area contributed by atoms with Crippen molar-refractivity contribution in [1.82, 2.24) is 0 Å². The monoisotopic (exact) mass is 240 g/mol. The fourth-order valence-electron chi connectivity index (χ4n) is 0.872. The maximum Gasteiger partial charge on any atom is 0.652 e. The minimum atomic E-state index is -1.64. The molecule has 0 saturated carbocycles. The zero-order valence-electron chi connectivity index (χ0n) is 5.78. The SMILES string of the molecule is [F][Mg][c]1cc(Br)c[c]([Mg][F])c1. The molecule has 0 aromatic heterocycles. The maximum absolute atomic E-state index is 12.2. The van der Waals surface area contributed by atoms with E-state index in [4.69, 9.17) is 0 Å². The highest BCUT2D eigenvalue weighted by molar-refractivity contribution is 9.10. The number of rotatable bonds is 2. The van der Waals surface area contributed by atoms with Crippen LogP contribution in [0.3, 0.4) is 0 Å². The van der Waals surface area contributed by atoms with Gasteiger partial charge in [-0.05, 0) is 0 Å². The summed E-state index contributed by atoms with van der Waals surface area (Å²) in [5.74, 6) is 0. The van der Waals surface area contributed by atoms with Crippen LogP contribution >= 0.6 is 15.9 Å². The fourth-order valence-corrected chi connectivity index (χ4v) is 3.62. The van der Waals surface area contributed by atoms with E-state index in [-0.39, 0.29) is 0 Å². The van der Waals surface area contributed by atoms with Gasteiger partial charge in [-0.15, -0.1) is 13.5 Å². The average Bonchev–Trinajstić information content (AvgIpc) is 2.03. The minimum absolute atomic E-state index is 0.680. The van der Waals surface area contributed by atoms with Crippen LogP contribution in [0.25, 0.3) is 0 Å². The summed E-state index contributed by atoms with van der Waals surface area (Å²) >= 11 is -0.0649. The first-order chi connectivity index (χ1) is 5.26. The van der Waals surface area contributed by atoms with Gasteiger partial charge in [0.2, 0.25) is 0 Å². The molecule has 0 bridgehead atoms. The Morgan fingerprint density at radius 2 is 1.45 bits per heavy atom. The molecule has 0 radical (unpaired) electrons. The van der Waals surface area contributed by atoms with Crippen molar-refractivity contribution in [2.75, 3.05) is 0 Å². The molecular formula is C6H3BrF2Mg2. The molecule has 52 valence electrons. The molecule has 0 nitrogen and oxygen atoms in total. The summed E-state index contributed by atoms with van der Waals surface area (Å²) in [4.78, 5) is 0. The van der Waals surface area contributed by atoms with Crippen LogP contribution in [0.2, 0.25) is 0 Å². The lowest BCUT2D eigenvalue weighted by Crippen LogP contribution is -2.20. The Morgan fingerprint density at radius 1 is 1.00 bits per heavy atom. The molecule has 0 aliphatic rings. The number of halogens is 3. The van der Waals surface area contributed by atoms with Gasteiger partial charge in [-0.3, -0.25) is 0 Å². The Morgan fingerprint density at radius 3 is 1.82 bits per heavy atom. The fraction of sp³-hybridized carbons (Fsp3) is 0. The molecule has 5 heteroatoms. The van der Waals surface area contributed by atoms with Crippen molar-refractivity contribution in [3.05, 3.63) is 22.7 Å². The Hall–Kier alpha value is 1.09. The number of benzene rings is 1. The van der Waals surface area contributed by atoms with Crippen LogP contribution in [0.4, 0.5) is 5.91 Å². The van der Waals surface area contributed by atoms with Crippen LogP contribution < -0.4 is 7.39 Å². The van der Waals surface area contributed by atoms with Gasteiger partial charge < -0.3 is 5.91 Å². The van der Waals surface area contributed by atoms with E-state index in [0.717, 1.165) is 4.47 Å². The molecule has 1 rings (SSSR count). The smallest absolute Gasteiger partial charge is 0.475 e. The lowest BCUT2D eigenvalue weighted by Gasteiger charge is -1.99. The lowest BCUT2D eigenvalue weighted by atomic mass is 10.4. The third-order valence-electron chi connectivity index (χ3n) is 1.33. The van der Waals surface area contributed by atoms with E-state index < -0.39 is 41.8 Å². The molecule has 0 saturated heterocycles. The van der Waals surface area contributed by atoms with Crippen LogP contribution in [0.15, 0.2) is 22.7 Å². The van der Waals surface area contributed by atoms with Crippen LogP contribution in [-0.4, -0.2) is 41.8 Å². The summed E-state index contributed by atoms with van der Waals surface area (Å²) < 4.78 is 26.6. The predicted octanol–water partition coefficient (Wildman–Crippen LogP) is 0.877. The molecule has 0 N–H and O–H groups in total. The summed E-state index contributed by atoms with van der Waals surface area (Å²) in [6.07, 6.45) is 0. The van der Waals surface area contributed by atoms with Crippen molar-refractivity contribution in [2.24, 2.45) is 0 Å². The highest BCUT2D eigenvalue weighted by atomic mass is 79.9. The van der Waals surface area contributed by atoms with Crippen LogP contribution in [0.5, 0.6) is 0 Å². The molecule has 0 unspecified atom stereocenters. The van der Waals surface area contributed by atoms with Gasteiger partial charge >= 0.3 is 41.8 Å². The van der Waals surface area contributed by atoms with Crippen LogP contribution in [0.1, 0.15) is 0 Å². The standard InChI is InChI=1S/C6H3Br.2FH.2Mg/c7-6-4-2-1-3-5-6;;;;/h1,4-5H;2*1H;;/q;;;2*+1/p-2. The van der Waals surface area contributed by atoms with Crippen molar-refractivity contribution in [2.45, 2.75) is 0 Å². The molecule has 1 aromatic rings. The van der Waals surface area contributed by atoms with E-state index in [9.17, 15) is 5.91 Å². The normalized spacial score (nSPS) is 8.64. The minimum Gasteiger partial charge on any atom is -0.475 e. The maximum atomic E-state index is 12.2.